The zero-order valence-electron chi connectivity index (χ0n) is 26.6. The summed E-state index contributed by atoms with van der Waals surface area (Å²) >= 11 is 12.8. The Morgan fingerprint density at radius 3 is 2.19 bits per heavy atom. The van der Waals surface area contributed by atoms with E-state index in [0.717, 1.165) is 9.87 Å². The first-order chi connectivity index (χ1) is 23.0. The molecule has 2 amide bonds. The first-order valence-electron chi connectivity index (χ1n) is 15.6. The van der Waals surface area contributed by atoms with Gasteiger partial charge in [0, 0.05) is 35.6 Å². The minimum atomic E-state index is -4.28. The predicted octanol–water partition coefficient (Wildman–Crippen LogP) is 6.37. The Morgan fingerprint density at radius 1 is 0.854 bits per heavy atom. The van der Waals surface area contributed by atoms with Gasteiger partial charge in [-0.1, -0.05) is 91.6 Å². The molecule has 0 bridgehead atoms. The van der Waals surface area contributed by atoms with Crippen molar-refractivity contribution in [3.63, 3.8) is 0 Å². The molecule has 0 saturated heterocycles. The van der Waals surface area contributed by atoms with Crippen molar-refractivity contribution in [2.45, 2.75) is 37.8 Å². The van der Waals surface area contributed by atoms with Gasteiger partial charge in [0.25, 0.3) is 10.0 Å². The lowest BCUT2D eigenvalue weighted by Crippen LogP contribution is -2.53. The maximum absolute atomic E-state index is 14.7. The first-order valence-corrected chi connectivity index (χ1v) is 17.7. The van der Waals surface area contributed by atoms with E-state index < -0.39 is 28.5 Å². The third kappa shape index (κ3) is 8.61. The molecule has 1 atom stereocenters. The number of benzene rings is 4. The number of carbonyl (C=O) groups excluding carboxylic acids is 2. The molecule has 48 heavy (non-hydrogen) atoms. The second kappa shape index (κ2) is 15.8. The van der Waals surface area contributed by atoms with Crippen LogP contribution in [0.1, 0.15) is 25.0 Å². The van der Waals surface area contributed by atoms with E-state index in [0.29, 0.717) is 46.9 Å². The van der Waals surface area contributed by atoms with Gasteiger partial charge in [0.1, 0.15) is 25.8 Å². The molecule has 0 saturated carbocycles. The van der Waals surface area contributed by atoms with Crippen molar-refractivity contribution in [3.8, 4) is 11.5 Å². The van der Waals surface area contributed by atoms with E-state index in [-0.39, 0.29) is 35.4 Å². The highest BCUT2D eigenvalue weighted by Crippen LogP contribution is 2.36. The van der Waals surface area contributed by atoms with E-state index in [2.05, 4.69) is 5.32 Å². The number of nitrogens with one attached hydrogen (secondary N) is 1. The van der Waals surface area contributed by atoms with Crippen LogP contribution in [-0.4, -0.2) is 57.5 Å². The Balaban J connectivity index is 1.59. The van der Waals surface area contributed by atoms with Gasteiger partial charge in [-0.3, -0.25) is 13.9 Å². The second-order valence-corrected chi connectivity index (χ2v) is 14.5. The number of sulfonamides is 1. The number of anilines is 1. The van der Waals surface area contributed by atoms with Crippen molar-refractivity contribution in [1.82, 2.24) is 10.2 Å². The molecule has 9 nitrogen and oxygen atoms in total. The van der Waals surface area contributed by atoms with Crippen LogP contribution < -0.4 is 19.1 Å². The third-order valence-electron chi connectivity index (χ3n) is 7.74. The van der Waals surface area contributed by atoms with Gasteiger partial charge in [-0.2, -0.15) is 0 Å². The maximum Gasteiger partial charge on any atom is 0.264 e. The molecule has 0 spiro atoms. The van der Waals surface area contributed by atoms with E-state index in [1.54, 1.807) is 54.6 Å². The molecular weight excluding hydrogens is 673 g/mol. The van der Waals surface area contributed by atoms with Crippen molar-refractivity contribution in [2.24, 2.45) is 5.92 Å². The molecule has 4 aromatic carbocycles. The molecule has 0 aromatic heterocycles. The summed E-state index contributed by atoms with van der Waals surface area (Å²) in [5.41, 5.74) is 1.56. The van der Waals surface area contributed by atoms with Gasteiger partial charge >= 0.3 is 0 Å². The normalized spacial score (nSPS) is 13.1. The van der Waals surface area contributed by atoms with Crippen molar-refractivity contribution < 1.29 is 27.5 Å². The Bertz CT molecular complexity index is 1840. The largest absolute Gasteiger partial charge is 0.486 e. The number of hydrogen-bond acceptors (Lipinski definition) is 6. The molecule has 1 N–H and O–H groups in total. The van der Waals surface area contributed by atoms with Crippen molar-refractivity contribution >= 4 is 50.7 Å². The fraction of sp³-hybridized carbons (Fsp3) is 0.278. The standard InChI is InChI=1S/C36H37Cl2N3O6S/c1-25(2)22-39-36(43)32(19-26-9-5-3-6-10-26)40(23-27-13-14-28(37)20-31(27)38)35(42)24-41(48(44,45)30-11-7-4-8-12-30)29-15-16-33-34(21-29)47-18-17-46-33/h3-16,20-21,25,32H,17-19,22-24H2,1-2H3,(H,39,43)/t32-/m0/s1. The van der Waals surface area contributed by atoms with Crippen LogP contribution in [0.25, 0.3) is 0 Å². The predicted molar refractivity (Wildman–Crippen MR) is 187 cm³/mol. The Morgan fingerprint density at radius 2 is 1.52 bits per heavy atom. The average molecular weight is 711 g/mol. The average Bonchev–Trinajstić information content (AvgIpc) is 3.09. The molecule has 0 unspecified atom stereocenters. The summed E-state index contributed by atoms with van der Waals surface area (Å²) in [6, 6.07) is 25.8. The number of hydrogen-bond donors (Lipinski definition) is 1. The molecule has 1 aliphatic rings. The zero-order valence-corrected chi connectivity index (χ0v) is 29.0. The molecule has 252 valence electrons. The molecule has 0 aliphatic carbocycles. The number of rotatable bonds is 13. The fourth-order valence-corrected chi connectivity index (χ4v) is 7.14. The third-order valence-corrected chi connectivity index (χ3v) is 10.1. The highest BCUT2D eigenvalue weighted by Gasteiger charge is 2.35. The summed E-state index contributed by atoms with van der Waals surface area (Å²) in [6.45, 7) is 4.29. The van der Waals surface area contributed by atoms with Gasteiger partial charge < -0.3 is 19.7 Å². The lowest BCUT2D eigenvalue weighted by Gasteiger charge is -2.34. The van der Waals surface area contributed by atoms with Crippen molar-refractivity contribution in [1.29, 1.82) is 0 Å². The number of halogens is 2. The molecule has 5 rings (SSSR count). The van der Waals surface area contributed by atoms with E-state index in [9.17, 15) is 18.0 Å². The zero-order chi connectivity index (χ0) is 34.3. The summed E-state index contributed by atoms with van der Waals surface area (Å²) in [7, 11) is -4.28. The second-order valence-electron chi connectivity index (χ2n) is 11.8. The number of amides is 2. The Kier molecular flexibility index (Phi) is 11.5. The lowest BCUT2D eigenvalue weighted by molar-refractivity contribution is -0.140. The summed E-state index contributed by atoms with van der Waals surface area (Å²) < 4.78 is 40.9. The lowest BCUT2D eigenvalue weighted by atomic mass is 10.0. The van der Waals surface area contributed by atoms with Crippen LogP contribution in [-0.2, 0) is 32.6 Å². The van der Waals surface area contributed by atoms with Crippen LogP contribution in [0.3, 0.4) is 0 Å². The van der Waals surface area contributed by atoms with Gasteiger partial charge in [0.15, 0.2) is 11.5 Å². The number of nitrogens with zero attached hydrogens (tertiary/aromatic N) is 2. The molecule has 0 radical (unpaired) electrons. The highest BCUT2D eigenvalue weighted by molar-refractivity contribution is 7.92. The molecule has 0 fully saturated rings. The SMILES string of the molecule is CC(C)CNC(=O)[C@H](Cc1ccccc1)N(Cc1ccc(Cl)cc1Cl)C(=O)CN(c1ccc2c(c1)OCCO2)S(=O)(=O)c1ccccc1. The first kappa shape index (κ1) is 35.1. The summed E-state index contributed by atoms with van der Waals surface area (Å²) in [5.74, 6) is -0.00172. The van der Waals surface area contributed by atoms with Crippen LogP contribution in [0.4, 0.5) is 5.69 Å². The van der Waals surface area contributed by atoms with Crippen molar-refractivity contribution in [3.05, 3.63) is 118 Å². The van der Waals surface area contributed by atoms with Crippen LogP contribution in [0, 0.1) is 5.92 Å². The summed E-state index contributed by atoms with van der Waals surface area (Å²) in [6.07, 6.45) is 0.178. The molecular formula is C36H37Cl2N3O6S. The van der Waals surface area contributed by atoms with Gasteiger partial charge in [-0.25, -0.2) is 8.42 Å². The van der Waals surface area contributed by atoms with E-state index >= 15 is 0 Å². The molecule has 1 aliphatic heterocycles. The minimum absolute atomic E-state index is 0.00417. The van der Waals surface area contributed by atoms with Crippen LogP contribution in [0.5, 0.6) is 11.5 Å². The topological polar surface area (TPSA) is 105 Å². The Hall–Kier alpha value is -4.25. The minimum Gasteiger partial charge on any atom is -0.486 e. The quantitative estimate of drug-likeness (QED) is 0.173. The molecule has 4 aromatic rings. The van der Waals surface area contributed by atoms with Crippen molar-refractivity contribution in [2.75, 3.05) is 30.6 Å². The fourth-order valence-electron chi connectivity index (χ4n) is 5.25. The molecule has 1 heterocycles. The van der Waals surface area contributed by atoms with Crippen LogP contribution >= 0.6 is 23.2 Å². The number of carbonyl (C=O) groups is 2. The Labute approximate surface area is 291 Å². The van der Waals surface area contributed by atoms with Gasteiger partial charge in [-0.05, 0) is 53.4 Å². The highest BCUT2D eigenvalue weighted by atomic mass is 35.5. The summed E-state index contributed by atoms with van der Waals surface area (Å²) in [5, 5.41) is 3.69. The molecule has 12 heteroatoms. The van der Waals surface area contributed by atoms with Crippen LogP contribution in [0.2, 0.25) is 10.0 Å². The maximum atomic E-state index is 14.7. The van der Waals surface area contributed by atoms with Gasteiger partial charge in [0.05, 0.1) is 10.6 Å². The van der Waals surface area contributed by atoms with Crippen LogP contribution in [0.15, 0.2) is 102 Å². The van der Waals surface area contributed by atoms with Gasteiger partial charge in [0.2, 0.25) is 11.8 Å². The number of fused-ring (bicyclic) bond motifs is 1. The number of ether oxygens (including phenoxy) is 2. The summed E-state index contributed by atoms with van der Waals surface area (Å²) in [4.78, 5) is 30.0. The van der Waals surface area contributed by atoms with E-state index in [1.165, 1.54) is 17.0 Å². The van der Waals surface area contributed by atoms with E-state index in [4.69, 9.17) is 32.7 Å². The van der Waals surface area contributed by atoms with Gasteiger partial charge in [-0.15, -0.1) is 0 Å². The van der Waals surface area contributed by atoms with E-state index in [1.807, 2.05) is 44.2 Å². The smallest absolute Gasteiger partial charge is 0.264 e. The monoisotopic (exact) mass is 709 g/mol.